The minimum absolute atomic E-state index is 0.0522. The van der Waals surface area contributed by atoms with Gasteiger partial charge < -0.3 is 20.0 Å². The zero-order chi connectivity index (χ0) is 18.8. The van der Waals surface area contributed by atoms with Crippen molar-refractivity contribution in [2.24, 2.45) is 0 Å². The lowest BCUT2D eigenvalue weighted by molar-refractivity contribution is -0.120. The van der Waals surface area contributed by atoms with Crippen molar-refractivity contribution in [1.82, 2.24) is 20.9 Å². The molecule has 2 aliphatic rings. The quantitative estimate of drug-likeness (QED) is 0.667. The fraction of sp³-hybridized carbons (Fsp3) is 0.353. The topological polar surface area (TPSA) is 104 Å². The molecule has 1 aliphatic carbocycles. The van der Waals surface area contributed by atoms with Crippen LogP contribution >= 0.6 is 0 Å². The molecule has 9 heteroatoms. The summed E-state index contributed by atoms with van der Waals surface area (Å²) in [6.45, 7) is 1.05. The van der Waals surface area contributed by atoms with Crippen molar-refractivity contribution in [3.8, 4) is 0 Å². The van der Waals surface area contributed by atoms with Gasteiger partial charge >= 0.3 is 6.03 Å². The Labute approximate surface area is 149 Å². The first-order valence-corrected chi connectivity index (χ1v) is 8.10. The molecule has 0 radical (unpaired) electrons. The number of fused-ring (bicyclic) bond motifs is 1. The summed E-state index contributed by atoms with van der Waals surface area (Å²) >= 11 is 0. The second kappa shape index (κ2) is 7.12. The molecule has 1 unspecified atom stereocenters. The first-order chi connectivity index (χ1) is 12.3. The van der Waals surface area contributed by atoms with Crippen molar-refractivity contribution in [2.45, 2.75) is 12.5 Å². The molecule has 3 rings (SSSR count). The zero-order valence-corrected chi connectivity index (χ0v) is 14.4. The number of likely N-dealkylation sites (N-methyl/N-ethyl adjacent to an activating group) is 1. The van der Waals surface area contributed by atoms with Crippen molar-refractivity contribution in [3.05, 3.63) is 40.6 Å². The van der Waals surface area contributed by atoms with E-state index >= 15 is 0 Å². The highest BCUT2D eigenvalue weighted by Gasteiger charge is 2.34. The number of amides is 4. The van der Waals surface area contributed by atoms with Gasteiger partial charge in [0.1, 0.15) is 17.3 Å². The molecule has 0 spiro atoms. The first kappa shape index (κ1) is 17.9. The van der Waals surface area contributed by atoms with Gasteiger partial charge in [0, 0.05) is 24.7 Å². The van der Waals surface area contributed by atoms with E-state index in [0.29, 0.717) is 18.7 Å². The van der Waals surface area contributed by atoms with Gasteiger partial charge in [-0.2, -0.15) is 0 Å². The van der Waals surface area contributed by atoms with Crippen LogP contribution in [0.1, 0.15) is 23.1 Å². The summed E-state index contributed by atoms with van der Waals surface area (Å²) < 4.78 is 20.0. The van der Waals surface area contributed by atoms with Crippen LogP contribution in [0.3, 0.4) is 0 Å². The lowest BCUT2D eigenvalue weighted by Gasteiger charge is -2.11. The fourth-order valence-electron chi connectivity index (χ4n) is 2.70. The highest BCUT2D eigenvalue weighted by molar-refractivity contribution is 6.04. The van der Waals surface area contributed by atoms with E-state index in [-0.39, 0.29) is 23.5 Å². The zero-order valence-electron chi connectivity index (χ0n) is 14.4. The van der Waals surface area contributed by atoms with E-state index in [4.69, 9.17) is 4.42 Å². The number of nitrogens with one attached hydrogen (secondary N) is 3. The van der Waals surface area contributed by atoms with Crippen LogP contribution in [0, 0.1) is 0 Å². The Morgan fingerprint density at radius 2 is 2.19 bits per heavy atom. The number of rotatable bonds is 5. The summed E-state index contributed by atoms with van der Waals surface area (Å²) in [5, 5.41) is 7.20. The summed E-state index contributed by atoms with van der Waals surface area (Å²) in [6, 6.07) is 0.0341. The summed E-state index contributed by atoms with van der Waals surface area (Å²) in [6.07, 6.45) is 2.87. The van der Waals surface area contributed by atoms with Gasteiger partial charge in [0.2, 0.25) is 0 Å². The molecule has 138 valence electrons. The van der Waals surface area contributed by atoms with E-state index in [1.165, 1.54) is 6.08 Å². The van der Waals surface area contributed by atoms with Gasteiger partial charge in [-0.25, -0.2) is 9.18 Å². The lowest BCUT2D eigenvalue weighted by Crippen LogP contribution is -2.32. The number of halogens is 1. The summed E-state index contributed by atoms with van der Waals surface area (Å²) in [7, 11) is 3.75. The average molecular weight is 362 g/mol. The number of carbonyl (C=O) groups excluding carboxylic acids is 3. The molecule has 1 aliphatic heterocycles. The Balaban J connectivity index is 1.75. The van der Waals surface area contributed by atoms with E-state index in [9.17, 15) is 18.8 Å². The number of hydrogen-bond acceptors (Lipinski definition) is 5. The van der Waals surface area contributed by atoms with Crippen molar-refractivity contribution in [3.63, 3.8) is 0 Å². The normalized spacial score (nSPS) is 19.3. The maximum Gasteiger partial charge on any atom is 0.322 e. The highest BCUT2D eigenvalue weighted by Crippen LogP contribution is 2.30. The third-order valence-electron chi connectivity index (χ3n) is 4.05. The van der Waals surface area contributed by atoms with Gasteiger partial charge in [0.25, 0.3) is 11.8 Å². The molecule has 1 fully saturated rings. The maximum atomic E-state index is 14.5. The Kier molecular flexibility index (Phi) is 4.90. The number of hydrogen-bond donors (Lipinski definition) is 3. The maximum absolute atomic E-state index is 14.5. The van der Waals surface area contributed by atoms with E-state index in [1.807, 2.05) is 19.0 Å². The minimum atomic E-state index is -0.941. The number of imide groups is 1. The molecular weight excluding hydrogens is 343 g/mol. The number of nitrogens with zero attached hydrogens (tertiary/aromatic N) is 1. The monoisotopic (exact) mass is 362 g/mol. The van der Waals surface area contributed by atoms with E-state index in [0.717, 1.165) is 6.08 Å². The third kappa shape index (κ3) is 3.67. The molecule has 4 amide bonds. The molecular formula is C17H19FN4O4. The smallest absolute Gasteiger partial charge is 0.322 e. The molecule has 0 aromatic carbocycles. The number of carbonyl (C=O) groups is 3. The lowest BCUT2D eigenvalue weighted by atomic mass is 10.1. The molecule has 1 atom stereocenters. The predicted octanol–water partition coefficient (Wildman–Crippen LogP) is 0.631. The fourth-order valence-corrected chi connectivity index (χ4v) is 2.70. The highest BCUT2D eigenvalue weighted by atomic mass is 19.1. The van der Waals surface area contributed by atoms with Crippen LogP contribution in [0.4, 0.5) is 9.18 Å². The second-order valence-electron chi connectivity index (χ2n) is 6.31. The minimum Gasteiger partial charge on any atom is -0.459 e. The standard InChI is InChI=1S/C17H19FN4O4/c1-22(2)6-5-19-15(23)10-4-3-9-7-13(26-12(9)8-11(10)18)14-16(24)21-17(25)20-14/h4,7-8,14H,3,5-6H2,1-2H3,(H,19,23)(H2,20,21,24,25). The van der Waals surface area contributed by atoms with Crippen molar-refractivity contribution < 1.29 is 23.2 Å². The van der Waals surface area contributed by atoms with Gasteiger partial charge in [-0.15, -0.1) is 0 Å². The molecule has 2 heterocycles. The summed E-state index contributed by atoms with van der Waals surface area (Å²) in [5.74, 6) is -1.30. The summed E-state index contributed by atoms with van der Waals surface area (Å²) in [5.41, 5.74) is 0.573. The molecule has 1 aromatic rings. The van der Waals surface area contributed by atoms with Crippen molar-refractivity contribution in [2.75, 3.05) is 27.2 Å². The van der Waals surface area contributed by atoms with Gasteiger partial charge in [-0.1, -0.05) is 6.08 Å². The van der Waals surface area contributed by atoms with Crippen LogP contribution in [0.5, 0.6) is 0 Å². The molecule has 0 bridgehead atoms. The van der Waals surface area contributed by atoms with Crippen LogP contribution in [-0.4, -0.2) is 49.9 Å². The number of allylic oxidation sites excluding steroid dienone is 1. The Hall–Kier alpha value is -2.94. The SMILES string of the molecule is CN(C)CCNC(=O)C1=CCc2cc(C3NC(=O)NC3=O)oc2C=C1F. The van der Waals surface area contributed by atoms with Gasteiger partial charge in [0.15, 0.2) is 6.04 Å². The molecule has 8 nitrogen and oxygen atoms in total. The van der Waals surface area contributed by atoms with Gasteiger partial charge in [0.05, 0.1) is 5.57 Å². The third-order valence-corrected chi connectivity index (χ3v) is 4.05. The van der Waals surface area contributed by atoms with Crippen LogP contribution < -0.4 is 16.0 Å². The van der Waals surface area contributed by atoms with Crippen LogP contribution in [-0.2, 0) is 16.0 Å². The Bertz CT molecular complexity index is 825. The predicted molar refractivity (Wildman–Crippen MR) is 90.6 cm³/mol. The van der Waals surface area contributed by atoms with Crippen LogP contribution in [0.2, 0.25) is 0 Å². The van der Waals surface area contributed by atoms with Crippen LogP contribution in [0.25, 0.3) is 6.08 Å². The first-order valence-electron chi connectivity index (χ1n) is 8.10. The Morgan fingerprint density at radius 1 is 1.42 bits per heavy atom. The molecule has 3 N–H and O–H groups in total. The van der Waals surface area contributed by atoms with Gasteiger partial charge in [-0.3, -0.25) is 14.9 Å². The largest absolute Gasteiger partial charge is 0.459 e. The average Bonchev–Trinajstić information content (AvgIpc) is 3.05. The van der Waals surface area contributed by atoms with E-state index < -0.39 is 29.7 Å². The Morgan fingerprint density at radius 3 is 2.85 bits per heavy atom. The molecule has 1 saturated heterocycles. The number of furan rings is 1. The van der Waals surface area contributed by atoms with E-state index in [2.05, 4.69) is 16.0 Å². The molecule has 26 heavy (non-hydrogen) atoms. The van der Waals surface area contributed by atoms with Gasteiger partial charge in [-0.05, 0) is 26.6 Å². The van der Waals surface area contributed by atoms with Crippen LogP contribution in [0.15, 0.2) is 28.0 Å². The van der Waals surface area contributed by atoms with Crippen molar-refractivity contribution >= 4 is 23.9 Å². The summed E-state index contributed by atoms with van der Waals surface area (Å²) in [4.78, 5) is 37.0. The molecule has 1 aromatic heterocycles. The van der Waals surface area contributed by atoms with E-state index in [1.54, 1.807) is 6.07 Å². The molecule has 0 saturated carbocycles. The number of urea groups is 1. The second-order valence-corrected chi connectivity index (χ2v) is 6.31. The van der Waals surface area contributed by atoms with Crippen molar-refractivity contribution in [1.29, 1.82) is 0 Å².